The molecule has 7 nitrogen and oxygen atoms in total. The summed E-state index contributed by atoms with van der Waals surface area (Å²) in [5.74, 6) is 0.634. The second-order valence-electron chi connectivity index (χ2n) is 5.33. The zero-order valence-electron chi connectivity index (χ0n) is 11.7. The highest BCUT2D eigenvalue weighted by Gasteiger charge is 2.23. The maximum absolute atomic E-state index is 12.3. The van der Waals surface area contributed by atoms with Crippen molar-refractivity contribution in [3.05, 3.63) is 34.0 Å². The van der Waals surface area contributed by atoms with Gasteiger partial charge in [0, 0.05) is 31.3 Å². The average molecular weight is 282 g/mol. The molecule has 0 fully saturated rings. The molecule has 1 atom stereocenters. The summed E-state index contributed by atoms with van der Waals surface area (Å²) in [4.78, 5) is 27.2. The Balaban J connectivity index is 2.01. The van der Waals surface area contributed by atoms with Gasteiger partial charge in [-0.2, -0.15) is 5.10 Å². The van der Waals surface area contributed by atoms with E-state index >= 15 is 0 Å². The Morgan fingerprint density at radius 2 is 2.24 bits per heavy atom. The van der Waals surface area contributed by atoms with Crippen molar-refractivity contribution in [2.75, 3.05) is 7.05 Å². The second kappa shape index (κ2) is 4.15. The van der Waals surface area contributed by atoms with E-state index in [9.17, 15) is 4.79 Å². The van der Waals surface area contributed by atoms with Crippen LogP contribution in [0.5, 0.6) is 0 Å². The van der Waals surface area contributed by atoms with Crippen LogP contribution in [-0.2, 0) is 0 Å². The lowest BCUT2D eigenvalue weighted by Crippen LogP contribution is -2.21. The number of hydrazone groups is 1. The van der Waals surface area contributed by atoms with Crippen LogP contribution in [-0.4, -0.2) is 38.2 Å². The van der Waals surface area contributed by atoms with E-state index < -0.39 is 0 Å². The molecule has 3 aromatic rings. The Morgan fingerprint density at radius 3 is 3.00 bits per heavy atom. The topological polar surface area (TPSA) is 90.0 Å². The third-order valence-corrected chi connectivity index (χ3v) is 3.82. The number of H-pyrrole nitrogens is 2. The summed E-state index contributed by atoms with van der Waals surface area (Å²) < 4.78 is 0. The van der Waals surface area contributed by atoms with Gasteiger partial charge in [-0.1, -0.05) is 0 Å². The van der Waals surface area contributed by atoms with Gasteiger partial charge in [-0.05, 0) is 18.6 Å². The fraction of sp³-hybridized carbons (Fsp3) is 0.286. The molecule has 1 aliphatic rings. The molecule has 7 heteroatoms. The van der Waals surface area contributed by atoms with Crippen molar-refractivity contribution in [2.24, 2.45) is 5.10 Å². The first kappa shape index (κ1) is 12.1. The van der Waals surface area contributed by atoms with Crippen LogP contribution >= 0.6 is 0 Å². The summed E-state index contributed by atoms with van der Waals surface area (Å²) >= 11 is 0. The summed E-state index contributed by atoms with van der Waals surface area (Å²) in [7, 11) is 1.87. The van der Waals surface area contributed by atoms with Gasteiger partial charge in [-0.25, -0.2) is 9.97 Å². The van der Waals surface area contributed by atoms with Crippen molar-refractivity contribution < 1.29 is 0 Å². The summed E-state index contributed by atoms with van der Waals surface area (Å²) in [5, 5.41) is 6.88. The number of hydrogen-bond donors (Lipinski definition) is 2. The van der Waals surface area contributed by atoms with Gasteiger partial charge >= 0.3 is 0 Å². The highest BCUT2D eigenvalue weighted by Crippen LogP contribution is 2.26. The van der Waals surface area contributed by atoms with E-state index in [2.05, 4.69) is 25.0 Å². The normalized spacial score (nSPS) is 18.2. The number of hydrogen-bond acceptors (Lipinski definition) is 5. The van der Waals surface area contributed by atoms with Gasteiger partial charge in [0.05, 0.1) is 0 Å². The van der Waals surface area contributed by atoms with Gasteiger partial charge in [0.1, 0.15) is 28.5 Å². The van der Waals surface area contributed by atoms with Crippen LogP contribution in [0.25, 0.3) is 22.1 Å². The summed E-state index contributed by atoms with van der Waals surface area (Å²) in [6.45, 7) is 1.97. The van der Waals surface area contributed by atoms with Crippen molar-refractivity contribution in [1.82, 2.24) is 24.9 Å². The Morgan fingerprint density at radius 1 is 1.38 bits per heavy atom. The Kier molecular flexibility index (Phi) is 2.38. The average Bonchev–Trinajstić information content (AvgIpc) is 3.03. The molecular formula is C14H14N6O. The highest BCUT2D eigenvalue weighted by atomic mass is 16.1. The molecule has 0 saturated heterocycles. The fourth-order valence-corrected chi connectivity index (χ4v) is 2.72. The number of aryl methyl sites for hydroxylation is 1. The molecule has 4 rings (SSSR count). The number of pyridine rings is 1. The van der Waals surface area contributed by atoms with Gasteiger partial charge in [-0.3, -0.25) is 9.80 Å². The van der Waals surface area contributed by atoms with E-state index in [0.717, 1.165) is 17.4 Å². The monoisotopic (exact) mass is 282 g/mol. The molecule has 1 aliphatic heterocycles. The smallest absolute Gasteiger partial charge is 0.275 e. The summed E-state index contributed by atoms with van der Waals surface area (Å²) in [6, 6.07) is 1.97. The minimum absolute atomic E-state index is 0.0233. The fourth-order valence-electron chi connectivity index (χ4n) is 2.72. The molecule has 106 valence electrons. The lowest BCUT2D eigenvalue weighted by molar-refractivity contribution is 0.279. The van der Waals surface area contributed by atoms with Crippen LogP contribution < -0.4 is 5.56 Å². The molecular weight excluding hydrogens is 268 g/mol. The molecule has 2 N–H and O–H groups in total. The van der Waals surface area contributed by atoms with Gasteiger partial charge in [0.2, 0.25) is 0 Å². The predicted molar refractivity (Wildman–Crippen MR) is 80.4 cm³/mol. The van der Waals surface area contributed by atoms with Crippen LogP contribution in [0.2, 0.25) is 0 Å². The van der Waals surface area contributed by atoms with Crippen LogP contribution in [0.15, 0.2) is 22.2 Å². The number of aromatic nitrogens is 4. The lowest BCUT2D eigenvalue weighted by Gasteiger charge is -2.17. The van der Waals surface area contributed by atoms with Crippen molar-refractivity contribution in [2.45, 2.75) is 19.4 Å². The second-order valence-corrected chi connectivity index (χ2v) is 5.33. The number of rotatable bonds is 1. The number of fused-ring (bicyclic) bond motifs is 3. The first-order valence-corrected chi connectivity index (χ1v) is 6.77. The maximum Gasteiger partial charge on any atom is 0.275 e. The molecule has 3 aromatic heterocycles. The molecule has 0 radical (unpaired) electrons. The van der Waals surface area contributed by atoms with Crippen LogP contribution in [0.1, 0.15) is 23.9 Å². The van der Waals surface area contributed by atoms with Gasteiger partial charge in [-0.15, -0.1) is 0 Å². The highest BCUT2D eigenvalue weighted by molar-refractivity contribution is 6.03. The Hall–Kier alpha value is -2.70. The summed E-state index contributed by atoms with van der Waals surface area (Å²) in [5.41, 5.74) is 2.68. The van der Waals surface area contributed by atoms with Crippen LogP contribution in [0.4, 0.5) is 0 Å². The van der Waals surface area contributed by atoms with Crippen LogP contribution in [0.3, 0.4) is 0 Å². The molecule has 0 aliphatic carbocycles. The van der Waals surface area contributed by atoms with E-state index in [1.54, 1.807) is 6.20 Å². The Labute approximate surface area is 119 Å². The standard InChI is InChI=1S/C14H14N6O/c1-7-5-8-10-11(18-12(8)15-6-7)14(21)19-13(17-10)9-3-4-16-20(9)2/h4-6,9H,3H2,1-2H3,(H,15,18)(H,17,19,21). The van der Waals surface area contributed by atoms with Gasteiger partial charge in [0.25, 0.3) is 5.56 Å². The SMILES string of the molecule is Cc1cnc2[nH]c3c(=O)[nH]c(C4CC=NN4C)nc3c2c1. The molecule has 0 bridgehead atoms. The quantitative estimate of drug-likeness (QED) is 0.707. The zero-order chi connectivity index (χ0) is 14.6. The molecule has 0 saturated carbocycles. The third kappa shape index (κ3) is 1.74. The number of aromatic amines is 2. The Bertz CT molecular complexity index is 938. The first-order chi connectivity index (χ1) is 10.1. The minimum atomic E-state index is -0.175. The zero-order valence-corrected chi connectivity index (χ0v) is 11.7. The van der Waals surface area contributed by atoms with E-state index in [1.807, 2.05) is 31.3 Å². The molecule has 1 unspecified atom stereocenters. The van der Waals surface area contributed by atoms with E-state index in [4.69, 9.17) is 0 Å². The first-order valence-electron chi connectivity index (χ1n) is 6.77. The molecule has 0 amide bonds. The minimum Gasteiger partial charge on any atom is -0.333 e. The van der Waals surface area contributed by atoms with E-state index in [-0.39, 0.29) is 11.6 Å². The van der Waals surface area contributed by atoms with Gasteiger partial charge < -0.3 is 9.97 Å². The van der Waals surface area contributed by atoms with Crippen molar-refractivity contribution in [3.63, 3.8) is 0 Å². The number of nitrogens with zero attached hydrogens (tertiary/aromatic N) is 4. The molecule has 0 aromatic carbocycles. The molecule has 0 spiro atoms. The molecule has 4 heterocycles. The van der Waals surface area contributed by atoms with E-state index in [0.29, 0.717) is 22.5 Å². The van der Waals surface area contributed by atoms with Crippen molar-refractivity contribution in [1.29, 1.82) is 0 Å². The largest absolute Gasteiger partial charge is 0.333 e. The van der Waals surface area contributed by atoms with Crippen molar-refractivity contribution in [3.8, 4) is 0 Å². The lowest BCUT2D eigenvalue weighted by atomic mass is 10.2. The van der Waals surface area contributed by atoms with Crippen LogP contribution in [0, 0.1) is 6.92 Å². The third-order valence-electron chi connectivity index (χ3n) is 3.82. The predicted octanol–water partition coefficient (Wildman–Crippen LogP) is 1.47. The van der Waals surface area contributed by atoms with E-state index in [1.165, 1.54) is 0 Å². The summed E-state index contributed by atoms with van der Waals surface area (Å²) in [6.07, 6.45) is 4.34. The van der Waals surface area contributed by atoms with Gasteiger partial charge in [0.15, 0.2) is 0 Å². The number of nitrogens with one attached hydrogen (secondary N) is 2. The maximum atomic E-state index is 12.3. The molecule has 21 heavy (non-hydrogen) atoms. The van der Waals surface area contributed by atoms with Crippen molar-refractivity contribution >= 4 is 28.3 Å².